The Kier molecular flexibility index (Phi) is 47.6. The number of aliphatic hydroxyl groups excluding tert-OH is 2. The van der Waals surface area contributed by atoms with Gasteiger partial charge in [-0.3, -0.25) is 0 Å². The van der Waals surface area contributed by atoms with E-state index in [1.54, 1.807) is 13.8 Å². The molecule has 0 amide bonds. The number of halogens is 5. The molecule has 11 atom stereocenters. The number of alkyl halides is 1. The number of carbonyl (C=O) groups excluding carboxylic acids is 2. The van der Waals surface area contributed by atoms with Crippen LogP contribution >= 0.6 is 72.8 Å². The van der Waals surface area contributed by atoms with E-state index in [1.165, 1.54) is 15.4 Å². The minimum absolute atomic E-state index is 0. The normalized spacial score (nSPS) is 23.4. The molecule has 0 aliphatic carbocycles. The molecule has 383 valence electrons. The van der Waals surface area contributed by atoms with Crippen molar-refractivity contribution in [1.82, 2.24) is 0 Å². The summed E-state index contributed by atoms with van der Waals surface area (Å²) in [6.45, 7) is 17.4. The molecule has 5 aliphatic heterocycles. The Morgan fingerprint density at radius 3 is 1.02 bits per heavy atom. The number of epoxide rings is 3. The van der Waals surface area contributed by atoms with Gasteiger partial charge in [0.2, 0.25) is 0 Å². The van der Waals surface area contributed by atoms with Gasteiger partial charge in [0.25, 0.3) is 0 Å². The molecule has 65 heavy (non-hydrogen) atoms. The second-order valence-corrected chi connectivity index (χ2v) is 30.8. The first-order valence-corrected chi connectivity index (χ1v) is 33.3. The Hall–Kier alpha value is 1.34. The van der Waals surface area contributed by atoms with Crippen molar-refractivity contribution in [2.75, 3.05) is 105 Å². The molecule has 21 nitrogen and oxygen atoms in total. The topological polar surface area (TPSA) is 241 Å². The van der Waals surface area contributed by atoms with Gasteiger partial charge in [-0.2, -0.15) is 0 Å². The number of cyclic esters (lactones) is 4. The molecule has 0 spiro atoms. The van der Waals surface area contributed by atoms with Crippen molar-refractivity contribution in [2.24, 2.45) is 0 Å². The summed E-state index contributed by atoms with van der Waals surface area (Å²) < 4.78 is 86.1. The van der Waals surface area contributed by atoms with Crippen molar-refractivity contribution in [2.45, 2.75) is 116 Å². The van der Waals surface area contributed by atoms with Crippen LogP contribution in [0.4, 0.5) is 9.59 Å². The number of aliphatic hydroxyl groups is 2. The van der Waals surface area contributed by atoms with Crippen LogP contribution in [0.25, 0.3) is 0 Å². The summed E-state index contributed by atoms with van der Waals surface area (Å²) in [4.78, 5) is 21.5. The Bertz CT molecular complexity index is 1050. The minimum atomic E-state index is -0.672. The summed E-state index contributed by atoms with van der Waals surface area (Å²) in [7, 11) is 3.69. The number of rotatable bonds is 31. The second-order valence-electron chi connectivity index (χ2n) is 14.2. The van der Waals surface area contributed by atoms with Gasteiger partial charge in [-0.15, -0.1) is 35.6 Å². The SMILES string of the molecule is C.CC(CO[B]OCC(C)OCC1CO1)OCC1CO1.CC(CO[B]OCC(C)OCC1COC(=O)O1)OCC1COC(=O)O1.CC(O)CO[B]OCC(C)O.ClCC1CO1.I.I[I-]I. The summed E-state index contributed by atoms with van der Waals surface area (Å²) in [6, 6.07) is 0. The quantitative estimate of drug-likeness (QED) is 0.0241. The van der Waals surface area contributed by atoms with E-state index in [4.69, 9.17) is 92.4 Å². The van der Waals surface area contributed by atoms with E-state index in [1.807, 2.05) is 27.7 Å². The van der Waals surface area contributed by atoms with Gasteiger partial charge >= 0.3 is 85.9 Å². The third-order valence-corrected chi connectivity index (χ3v) is 7.70. The van der Waals surface area contributed by atoms with Crippen LogP contribution in [0.15, 0.2) is 0 Å². The van der Waals surface area contributed by atoms with Crippen LogP contribution in [0.1, 0.15) is 49.0 Å². The fourth-order valence-electron chi connectivity index (χ4n) is 3.86. The summed E-state index contributed by atoms with van der Waals surface area (Å²) in [6.07, 6.45) is -2.46. The molecule has 5 rings (SSSR count). The average molecular weight is 1410 g/mol. The molecule has 5 saturated heterocycles. The fourth-order valence-corrected chi connectivity index (χ4v) is 4.04. The molecule has 29 heteroatoms. The zero-order chi connectivity index (χ0) is 46.7. The average Bonchev–Trinajstić information content (AvgIpc) is 4.16. The zero-order valence-electron chi connectivity index (χ0n) is 37.0. The Balaban J connectivity index is 0. The number of carbonyl (C=O) groups is 2. The van der Waals surface area contributed by atoms with Gasteiger partial charge in [0, 0.05) is 0 Å². The molecule has 0 aromatic heterocycles. The maximum absolute atomic E-state index is 10.7. The summed E-state index contributed by atoms with van der Waals surface area (Å²) in [5.41, 5.74) is 0. The van der Waals surface area contributed by atoms with E-state index in [9.17, 15) is 9.59 Å². The van der Waals surface area contributed by atoms with Crippen LogP contribution in [0.2, 0.25) is 0 Å². The van der Waals surface area contributed by atoms with E-state index in [-0.39, 0.29) is 133 Å². The second kappa shape index (κ2) is 45.2. The van der Waals surface area contributed by atoms with Gasteiger partial charge in [0.05, 0.1) is 134 Å². The van der Waals surface area contributed by atoms with Gasteiger partial charge in [-0.05, 0) is 41.5 Å². The Morgan fingerprint density at radius 1 is 0.554 bits per heavy atom. The van der Waals surface area contributed by atoms with Gasteiger partial charge < -0.3 is 90.2 Å². The number of ether oxygens (including phenoxy) is 11. The van der Waals surface area contributed by atoms with Crippen molar-refractivity contribution in [1.29, 1.82) is 0 Å². The number of hydrogen-bond acceptors (Lipinski definition) is 21. The van der Waals surface area contributed by atoms with Crippen molar-refractivity contribution in [3.63, 3.8) is 0 Å². The van der Waals surface area contributed by atoms with E-state index in [0.717, 1.165) is 27.5 Å². The molecule has 0 bridgehead atoms. The van der Waals surface area contributed by atoms with Crippen LogP contribution in [0.3, 0.4) is 0 Å². The van der Waals surface area contributed by atoms with Gasteiger partial charge in [0.15, 0.2) is 12.2 Å². The Morgan fingerprint density at radius 2 is 0.815 bits per heavy atom. The van der Waals surface area contributed by atoms with Crippen molar-refractivity contribution >= 4 is 108 Å². The molecule has 0 aromatic rings. The molecule has 11 unspecified atom stereocenters. The van der Waals surface area contributed by atoms with Gasteiger partial charge in [-0.25, -0.2) is 9.59 Å². The van der Waals surface area contributed by atoms with E-state index < -0.39 is 24.5 Å². The molecule has 0 aromatic carbocycles. The van der Waals surface area contributed by atoms with Crippen LogP contribution in [-0.2, 0) is 80.0 Å². The molecule has 5 heterocycles. The van der Waals surface area contributed by atoms with E-state index >= 15 is 0 Å². The summed E-state index contributed by atoms with van der Waals surface area (Å²) in [5.74, 6) is 0.667. The predicted octanol–water partition coefficient (Wildman–Crippen LogP) is 0.565. The molecular weight excluding hydrogens is 1340 g/mol. The van der Waals surface area contributed by atoms with E-state index in [0.29, 0.717) is 51.7 Å². The van der Waals surface area contributed by atoms with Gasteiger partial charge in [0.1, 0.15) is 25.4 Å². The van der Waals surface area contributed by atoms with Crippen LogP contribution in [0, 0.1) is 0 Å². The van der Waals surface area contributed by atoms with Gasteiger partial charge in [-0.1, -0.05) is 7.43 Å². The molecule has 2 N–H and O–H groups in total. The number of hydrogen-bond donors (Lipinski definition) is 2. The summed E-state index contributed by atoms with van der Waals surface area (Å²) in [5, 5.41) is 17.4. The van der Waals surface area contributed by atoms with Crippen molar-refractivity contribution in [3.05, 3.63) is 0 Å². The molecule has 0 saturated carbocycles. The summed E-state index contributed by atoms with van der Waals surface area (Å²) >= 11 is 10.6. The maximum atomic E-state index is 10.7. The zero-order valence-corrected chi connectivity index (χ0v) is 46.5. The fraction of sp³-hybridized carbons (Fsp3) is 0.944. The van der Waals surface area contributed by atoms with Crippen LogP contribution in [0.5, 0.6) is 0 Å². The third kappa shape index (κ3) is 47.4. The standard InChI is InChI=1S/C14H22BO10.C12H22BO6.C6H14BO4.C3H5ClO.CH4.I3.HI/c1-9(18-5-11-7-20-13(16)24-11)3-22-15-23-4-10(2)19-6-12-8-21-14(17)25-12;1-9(14-5-11-7-16-11)3-18-13-19-4-10(2)15-6-12-8-17-12;1-5(8)3-10-7-11-4-6(2)9;4-1-3-2-5-3;;1-3-2;/h9-12H,3-8H2,1-2H3;9-12H,3-8H2,1-2H3;5-6,8-9H,3-4H2,1-2H3;3H,1-2H2;1H4;;1H/q;;;;;-1;. The molecule has 3 radical (unpaired) electrons. The van der Waals surface area contributed by atoms with Crippen LogP contribution in [-0.4, -0.2) is 218 Å². The Labute approximate surface area is 438 Å². The van der Waals surface area contributed by atoms with Crippen molar-refractivity contribution < 1.29 is 113 Å². The van der Waals surface area contributed by atoms with E-state index in [2.05, 4.69) is 46.7 Å². The molecule has 5 fully saturated rings. The molecule has 5 aliphatic rings. The van der Waals surface area contributed by atoms with Crippen molar-refractivity contribution in [3.8, 4) is 0 Å². The molecular formula is C36H68B3ClI4O21-. The monoisotopic (exact) mass is 1410 g/mol. The first-order valence-electron chi connectivity index (χ1n) is 20.2. The predicted molar refractivity (Wildman–Crippen MR) is 261 cm³/mol. The first-order chi connectivity index (χ1) is 30.2. The first kappa shape index (κ1) is 68.4. The van der Waals surface area contributed by atoms with Crippen LogP contribution < -0.4 is 13.3 Å². The third-order valence-electron chi connectivity index (χ3n) is 7.35.